The van der Waals surface area contributed by atoms with Crippen molar-refractivity contribution in [3.05, 3.63) is 72.9 Å². The van der Waals surface area contributed by atoms with Gasteiger partial charge in [0, 0.05) is 19.3 Å². The fourth-order valence-corrected chi connectivity index (χ4v) is 4.92. The summed E-state index contributed by atoms with van der Waals surface area (Å²) < 4.78 is 16.9. The Kier molecular flexibility index (Phi) is 30.8. The highest BCUT2D eigenvalue weighted by atomic mass is 16.6. The summed E-state index contributed by atoms with van der Waals surface area (Å²) in [4.78, 5) is 36.5. The molecule has 284 valence electrons. The van der Waals surface area contributed by atoms with Crippen LogP contribution in [-0.4, -0.2) is 75.5 Å². The number of carbonyl (C=O) groups is 3. The number of hydrogen-bond acceptors (Lipinski definition) is 7. The Labute approximate surface area is 304 Å². The highest BCUT2D eigenvalue weighted by molar-refractivity contribution is 5.70. The zero-order valence-electron chi connectivity index (χ0n) is 32.0. The second kappa shape index (κ2) is 32.9. The quantitative estimate of drug-likeness (QED) is 0.0301. The van der Waals surface area contributed by atoms with Crippen LogP contribution in [0.3, 0.4) is 0 Å². The highest BCUT2D eigenvalue weighted by Crippen LogP contribution is 2.11. The molecule has 0 aliphatic heterocycles. The van der Waals surface area contributed by atoms with Gasteiger partial charge in [-0.2, -0.15) is 0 Å². The molecule has 0 bridgehead atoms. The van der Waals surface area contributed by atoms with Crippen molar-refractivity contribution in [3.8, 4) is 0 Å². The number of hydrogen-bond donors (Lipinski definition) is 0. The first-order valence-corrected chi connectivity index (χ1v) is 19.0. The number of esters is 2. The molecule has 0 N–H and O–H groups in total. The first kappa shape index (κ1) is 46.8. The second-order valence-electron chi connectivity index (χ2n) is 13.4. The van der Waals surface area contributed by atoms with Crippen LogP contribution >= 0.6 is 0 Å². The van der Waals surface area contributed by atoms with E-state index < -0.39 is 18.1 Å². The third-order valence-electron chi connectivity index (χ3n) is 7.87. The zero-order chi connectivity index (χ0) is 37.1. The summed E-state index contributed by atoms with van der Waals surface area (Å²) in [5, 5.41) is 11.5. The number of nitrogens with zero attached hydrogens (tertiary/aromatic N) is 1. The molecule has 0 saturated carbocycles. The van der Waals surface area contributed by atoms with E-state index >= 15 is 0 Å². The molecule has 0 aromatic rings. The molecule has 0 fully saturated rings. The lowest BCUT2D eigenvalue weighted by Crippen LogP contribution is -2.55. The van der Waals surface area contributed by atoms with Gasteiger partial charge in [0.1, 0.15) is 12.6 Å². The minimum absolute atomic E-state index is 0.0140. The van der Waals surface area contributed by atoms with E-state index in [1.807, 2.05) is 12.2 Å². The number of carboxylic acid groups (broad SMARTS) is 1. The Hall–Kier alpha value is -3.23. The van der Waals surface area contributed by atoms with Crippen molar-refractivity contribution in [1.29, 1.82) is 0 Å². The van der Waals surface area contributed by atoms with Crippen molar-refractivity contribution in [2.75, 3.05) is 41.0 Å². The SMILES string of the molecule is CC/C=C/C/C=C/C/C=C/C/C=C/C/C=C/C/C=C/CCC(=O)OCC(COCCC(C(=O)[O-])[N+](C)(C)C)OC(=O)CCCCCCCCC. The molecule has 8 nitrogen and oxygen atoms in total. The van der Waals surface area contributed by atoms with Gasteiger partial charge in [0.05, 0.1) is 40.3 Å². The smallest absolute Gasteiger partial charge is 0.306 e. The van der Waals surface area contributed by atoms with Crippen molar-refractivity contribution in [2.24, 2.45) is 0 Å². The summed E-state index contributed by atoms with van der Waals surface area (Å²) in [5.74, 6) is -1.86. The number of aliphatic carboxylic acids is 1. The van der Waals surface area contributed by atoms with Gasteiger partial charge in [-0.25, -0.2) is 0 Å². The van der Waals surface area contributed by atoms with Gasteiger partial charge in [-0.15, -0.1) is 0 Å². The maximum Gasteiger partial charge on any atom is 0.306 e. The number of rotatable bonds is 32. The van der Waals surface area contributed by atoms with Gasteiger partial charge in [0.15, 0.2) is 6.10 Å². The largest absolute Gasteiger partial charge is 0.544 e. The van der Waals surface area contributed by atoms with Gasteiger partial charge < -0.3 is 28.6 Å². The average molecular weight is 700 g/mol. The van der Waals surface area contributed by atoms with Crippen LogP contribution in [0.5, 0.6) is 0 Å². The van der Waals surface area contributed by atoms with Crippen LogP contribution in [0.2, 0.25) is 0 Å². The van der Waals surface area contributed by atoms with Crippen LogP contribution < -0.4 is 5.11 Å². The first-order valence-electron chi connectivity index (χ1n) is 19.0. The molecule has 0 spiro atoms. The van der Waals surface area contributed by atoms with Crippen molar-refractivity contribution in [3.63, 3.8) is 0 Å². The molecule has 0 aromatic carbocycles. The molecule has 0 aliphatic carbocycles. The van der Waals surface area contributed by atoms with E-state index in [-0.39, 0.29) is 49.1 Å². The van der Waals surface area contributed by atoms with Crippen LogP contribution in [0.15, 0.2) is 72.9 Å². The van der Waals surface area contributed by atoms with Gasteiger partial charge in [-0.3, -0.25) is 9.59 Å². The van der Waals surface area contributed by atoms with E-state index in [4.69, 9.17) is 14.2 Å². The fraction of sp³-hybridized carbons (Fsp3) is 0.643. The van der Waals surface area contributed by atoms with E-state index in [1.165, 1.54) is 25.7 Å². The monoisotopic (exact) mass is 700 g/mol. The minimum Gasteiger partial charge on any atom is -0.544 e. The van der Waals surface area contributed by atoms with E-state index in [1.54, 1.807) is 21.1 Å². The van der Waals surface area contributed by atoms with Crippen LogP contribution in [-0.2, 0) is 28.6 Å². The number of likely N-dealkylation sites (N-methyl/N-ethyl adjacent to an activating group) is 1. The van der Waals surface area contributed by atoms with E-state index in [0.29, 0.717) is 12.8 Å². The number of carboxylic acids is 1. The maximum absolute atomic E-state index is 12.5. The molecule has 0 rings (SSSR count). The molecule has 0 saturated heterocycles. The number of unbranched alkanes of at least 4 members (excludes halogenated alkanes) is 6. The van der Waals surface area contributed by atoms with Crippen LogP contribution in [0.4, 0.5) is 0 Å². The molecule has 0 aliphatic rings. The lowest BCUT2D eigenvalue weighted by atomic mass is 10.1. The van der Waals surface area contributed by atoms with E-state index in [0.717, 1.165) is 57.8 Å². The zero-order valence-corrected chi connectivity index (χ0v) is 32.0. The minimum atomic E-state index is -1.14. The molecule has 8 heteroatoms. The Balaban J connectivity index is 4.46. The van der Waals surface area contributed by atoms with Gasteiger partial charge >= 0.3 is 11.9 Å². The lowest BCUT2D eigenvalue weighted by Gasteiger charge is -2.34. The van der Waals surface area contributed by atoms with Crippen molar-refractivity contribution >= 4 is 17.9 Å². The molecular formula is C42H69NO7. The molecular weight excluding hydrogens is 630 g/mol. The molecule has 0 amide bonds. The van der Waals surface area contributed by atoms with Gasteiger partial charge in [-0.05, 0) is 51.4 Å². The molecule has 0 radical (unpaired) electrons. The van der Waals surface area contributed by atoms with Crippen molar-refractivity contribution < 1.29 is 38.2 Å². The summed E-state index contributed by atoms with van der Waals surface area (Å²) >= 11 is 0. The standard InChI is InChI=1S/C42H69NO7/c1-6-8-10-12-14-15-16-17-18-19-20-21-22-23-24-25-27-28-30-32-40(44)49-37-38(36-48-35-34-39(42(46)47)43(3,4)5)50-41(45)33-31-29-26-13-11-9-7-2/h8,10,14-15,17-18,20-21,23-24,27-28,38-39H,6-7,9,11-13,16,19,22,25-26,29-37H2,1-5H3/b10-8+,15-14+,18-17+,21-20+,24-23+,28-27+. The predicted octanol–water partition coefficient (Wildman–Crippen LogP) is 8.29. The topological polar surface area (TPSA) is 102 Å². The molecule has 50 heavy (non-hydrogen) atoms. The summed E-state index contributed by atoms with van der Waals surface area (Å²) in [6.07, 6.45) is 39.6. The van der Waals surface area contributed by atoms with E-state index in [2.05, 4.69) is 74.6 Å². The summed E-state index contributed by atoms with van der Waals surface area (Å²) in [5.41, 5.74) is 0. The van der Waals surface area contributed by atoms with Crippen molar-refractivity contribution in [1.82, 2.24) is 0 Å². The molecule has 0 aromatic heterocycles. The predicted molar refractivity (Wildman–Crippen MR) is 203 cm³/mol. The Bertz CT molecular complexity index is 1050. The maximum atomic E-state index is 12.5. The van der Waals surface area contributed by atoms with Gasteiger partial charge in [0.2, 0.25) is 0 Å². The Morgan fingerprint density at radius 2 is 1.12 bits per heavy atom. The van der Waals surface area contributed by atoms with Crippen molar-refractivity contribution in [2.45, 2.75) is 135 Å². The number of allylic oxidation sites excluding steroid dienone is 12. The molecule has 2 atom stereocenters. The summed E-state index contributed by atoms with van der Waals surface area (Å²) in [6, 6.07) is -0.736. The number of quaternary nitrogens is 1. The van der Waals surface area contributed by atoms with Gasteiger partial charge in [-0.1, -0.05) is 125 Å². The average Bonchev–Trinajstić information content (AvgIpc) is 3.06. The normalized spacial score (nSPS) is 13.9. The highest BCUT2D eigenvalue weighted by Gasteiger charge is 2.25. The first-order chi connectivity index (χ1) is 24.1. The third-order valence-corrected chi connectivity index (χ3v) is 7.87. The molecule has 0 heterocycles. The third kappa shape index (κ3) is 30.8. The van der Waals surface area contributed by atoms with Gasteiger partial charge in [0.25, 0.3) is 0 Å². The number of ether oxygens (including phenoxy) is 3. The number of carbonyl (C=O) groups excluding carboxylic acids is 3. The second-order valence-corrected chi connectivity index (χ2v) is 13.4. The fourth-order valence-electron chi connectivity index (χ4n) is 4.92. The summed E-state index contributed by atoms with van der Waals surface area (Å²) in [6.45, 7) is 4.38. The van der Waals surface area contributed by atoms with Crippen LogP contribution in [0.25, 0.3) is 0 Å². The van der Waals surface area contributed by atoms with E-state index in [9.17, 15) is 19.5 Å². The Morgan fingerprint density at radius 3 is 1.62 bits per heavy atom. The summed E-state index contributed by atoms with van der Waals surface area (Å²) in [7, 11) is 5.36. The molecule has 2 unspecified atom stereocenters. The van der Waals surface area contributed by atoms with Crippen LogP contribution in [0.1, 0.15) is 123 Å². The Morgan fingerprint density at radius 1 is 0.620 bits per heavy atom. The lowest BCUT2D eigenvalue weighted by molar-refractivity contribution is -0.889. The van der Waals surface area contributed by atoms with Crippen LogP contribution in [0, 0.1) is 0 Å².